The Kier molecular flexibility index (Phi) is 3.76. The summed E-state index contributed by atoms with van der Waals surface area (Å²) in [5.74, 6) is -1.56. The molecule has 0 saturated heterocycles. The first-order valence-electron chi connectivity index (χ1n) is 5.72. The van der Waals surface area contributed by atoms with Crippen molar-refractivity contribution in [2.24, 2.45) is 0 Å². The molecule has 0 amide bonds. The molecule has 5 nitrogen and oxygen atoms in total. The minimum atomic E-state index is -3.13. The lowest BCUT2D eigenvalue weighted by Crippen LogP contribution is -2.11. The summed E-state index contributed by atoms with van der Waals surface area (Å²) in [5, 5.41) is 4.04. The number of anilines is 1. The number of benzene rings is 1. The lowest BCUT2D eigenvalue weighted by molar-refractivity contribution is 0.581. The Morgan fingerprint density at radius 2 is 2.05 bits per heavy atom. The van der Waals surface area contributed by atoms with Gasteiger partial charge in [-0.15, -0.1) is 0 Å². The van der Waals surface area contributed by atoms with E-state index in [1.165, 1.54) is 16.9 Å². The van der Waals surface area contributed by atoms with Gasteiger partial charge in [0.1, 0.15) is 27.2 Å². The van der Waals surface area contributed by atoms with E-state index >= 15 is 0 Å². The van der Waals surface area contributed by atoms with Gasteiger partial charge in [0.25, 0.3) is 0 Å². The van der Waals surface area contributed by atoms with Crippen molar-refractivity contribution in [3.05, 3.63) is 36.0 Å². The molecule has 0 atom stereocenters. The highest BCUT2D eigenvalue weighted by molar-refractivity contribution is 7.90. The average molecular weight is 301 g/mol. The SMILES string of the molecule is CS(=O)(=O)CCn1cc(N)c(-c2ccc(F)cc2F)n1. The molecule has 0 radical (unpaired) electrons. The molecule has 0 spiro atoms. The molecule has 2 aromatic rings. The number of hydrogen-bond donors (Lipinski definition) is 1. The quantitative estimate of drug-likeness (QED) is 0.927. The van der Waals surface area contributed by atoms with Crippen molar-refractivity contribution >= 4 is 15.5 Å². The van der Waals surface area contributed by atoms with E-state index in [0.717, 1.165) is 18.4 Å². The number of nitrogen functional groups attached to an aromatic ring is 1. The Balaban J connectivity index is 2.32. The molecule has 0 aliphatic carbocycles. The van der Waals surface area contributed by atoms with Gasteiger partial charge in [-0.25, -0.2) is 17.2 Å². The van der Waals surface area contributed by atoms with E-state index in [2.05, 4.69) is 5.10 Å². The Morgan fingerprint density at radius 3 is 2.65 bits per heavy atom. The van der Waals surface area contributed by atoms with Crippen molar-refractivity contribution in [1.82, 2.24) is 9.78 Å². The first kappa shape index (κ1) is 14.4. The second-order valence-electron chi connectivity index (χ2n) is 4.45. The van der Waals surface area contributed by atoms with E-state index in [-0.39, 0.29) is 29.2 Å². The van der Waals surface area contributed by atoms with Gasteiger partial charge in [0.2, 0.25) is 0 Å². The highest BCUT2D eigenvalue weighted by atomic mass is 32.2. The second kappa shape index (κ2) is 5.20. The van der Waals surface area contributed by atoms with Crippen LogP contribution in [0.1, 0.15) is 0 Å². The van der Waals surface area contributed by atoms with Gasteiger partial charge in [-0.3, -0.25) is 4.68 Å². The van der Waals surface area contributed by atoms with Gasteiger partial charge in [-0.1, -0.05) is 0 Å². The van der Waals surface area contributed by atoms with Crippen molar-refractivity contribution in [1.29, 1.82) is 0 Å². The molecule has 0 aliphatic rings. The first-order chi connectivity index (χ1) is 9.26. The first-order valence-corrected chi connectivity index (χ1v) is 7.78. The normalized spacial score (nSPS) is 11.8. The van der Waals surface area contributed by atoms with Gasteiger partial charge in [-0.2, -0.15) is 5.10 Å². The molecule has 8 heteroatoms. The van der Waals surface area contributed by atoms with Crippen LogP contribution < -0.4 is 5.73 Å². The van der Waals surface area contributed by atoms with Crippen LogP contribution in [-0.2, 0) is 16.4 Å². The van der Waals surface area contributed by atoms with E-state index in [4.69, 9.17) is 5.73 Å². The van der Waals surface area contributed by atoms with E-state index in [0.29, 0.717) is 0 Å². The topological polar surface area (TPSA) is 78.0 Å². The molecule has 0 aliphatic heterocycles. The molecule has 0 fully saturated rings. The standard InChI is InChI=1S/C12H13F2N3O2S/c1-20(18,19)5-4-17-7-11(15)12(16-17)9-3-2-8(13)6-10(9)14/h2-3,6-7H,4-5,15H2,1H3. The van der Waals surface area contributed by atoms with Crippen molar-refractivity contribution in [3.8, 4) is 11.3 Å². The summed E-state index contributed by atoms with van der Waals surface area (Å²) in [4.78, 5) is 0. The molecule has 1 aromatic carbocycles. The van der Waals surface area contributed by atoms with E-state index in [9.17, 15) is 17.2 Å². The maximum Gasteiger partial charge on any atom is 0.149 e. The zero-order valence-corrected chi connectivity index (χ0v) is 11.5. The third-order valence-electron chi connectivity index (χ3n) is 2.67. The molecule has 20 heavy (non-hydrogen) atoms. The fourth-order valence-corrected chi connectivity index (χ4v) is 2.22. The summed E-state index contributed by atoms with van der Waals surface area (Å²) in [6, 6.07) is 3.09. The van der Waals surface area contributed by atoms with Crippen LogP contribution in [0.3, 0.4) is 0 Å². The van der Waals surface area contributed by atoms with E-state index < -0.39 is 21.5 Å². The summed E-state index contributed by atoms with van der Waals surface area (Å²) in [6.45, 7) is 0.117. The van der Waals surface area contributed by atoms with E-state index in [1.807, 2.05) is 0 Å². The minimum absolute atomic E-state index is 0.0713. The molecule has 0 bridgehead atoms. The maximum atomic E-state index is 13.7. The number of nitrogens with two attached hydrogens (primary N) is 1. The van der Waals surface area contributed by atoms with Crippen LogP contribution in [0, 0.1) is 11.6 Å². The number of rotatable bonds is 4. The summed E-state index contributed by atoms with van der Waals surface area (Å²) < 4.78 is 50.0. The van der Waals surface area contributed by atoms with Crippen LogP contribution in [0.5, 0.6) is 0 Å². The zero-order valence-electron chi connectivity index (χ0n) is 10.7. The number of aromatic nitrogens is 2. The molecule has 1 heterocycles. The summed E-state index contributed by atoms with van der Waals surface area (Å²) >= 11 is 0. The van der Waals surface area contributed by atoms with Crippen molar-refractivity contribution in [2.75, 3.05) is 17.7 Å². The summed E-state index contributed by atoms with van der Waals surface area (Å²) in [6.07, 6.45) is 2.53. The van der Waals surface area contributed by atoms with Gasteiger partial charge in [0, 0.05) is 24.1 Å². The number of halogens is 2. The van der Waals surface area contributed by atoms with E-state index in [1.54, 1.807) is 0 Å². The largest absolute Gasteiger partial charge is 0.396 e. The van der Waals surface area contributed by atoms with Crippen LogP contribution >= 0.6 is 0 Å². The van der Waals surface area contributed by atoms with Crippen LogP contribution in [0.25, 0.3) is 11.3 Å². The lowest BCUT2D eigenvalue weighted by atomic mass is 10.1. The monoisotopic (exact) mass is 301 g/mol. The Morgan fingerprint density at radius 1 is 1.35 bits per heavy atom. The number of aryl methyl sites for hydroxylation is 1. The average Bonchev–Trinajstić information content (AvgIpc) is 2.67. The third kappa shape index (κ3) is 3.32. The number of sulfone groups is 1. The maximum absolute atomic E-state index is 13.7. The number of hydrogen-bond acceptors (Lipinski definition) is 4. The molecule has 2 rings (SSSR count). The molecule has 108 valence electrons. The molecule has 2 N–H and O–H groups in total. The van der Waals surface area contributed by atoms with Crippen molar-refractivity contribution in [3.63, 3.8) is 0 Å². The second-order valence-corrected chi connectivity index (χ2v) is 6.71. The van der Waals surface area contributed by atoms with Crippen LogP contribution in [0.15, 0.2) is 24.4 Å². The predicted octanol–water partition coefficient (Wildman–Crippen LogP) is 1.46. The Labute approximate surface area is 114 Å². The Bertz CT molecular complexity index is 741. The van der Waals surface area contributed by atoms with Gasteiger partial charge in [0.15, 0.2) is 0 Å². The molecular weight excluding hydrogens is 288 g/mol. The van der Waals surface area contributed by atoms with Gasteiger partial charge in [-0.05, 0) is 12.1 Å². The summed E-state index contributed by atoms with van der Waals surface area (Å²) in [7, 11) is -3.13. The Hall–Kier alpha value is -1.96. The van der Waals surface area contributed by atoms with Gasteiger partial charge < -0.3 is 5.73 Å². The molecule has 0 unspecified atom stereocenters. The van der Waals surface area contributed by atoms with Crippen molar-refractivity contribution in [2.45, 2.75) is 6.54 Å². The highest BCUT2D eigenvalue weighted by Crippen LogP contribution is 2.27. The number of nitrogens with zero attached hydrogens (tertiary/aromatic N) is 2. The fourth-order valence-electron chi connectivity index (χ4n) is 1.70. The smallest absolute Gasteiger partial charge is 0.149 e. The zero-order chi connectivity index (χ0) is 14.9. The minimum Gasteiger partial charge on any atom is -0.396 e. The summed E-state index contributed by atoms with van der Waals surface area (Å²) in [5.41, 5.74) is 6.16. The highest BCUT2D eigenvalue weighted by Gasteiger charge is 2.14. The third-order valence-corrected chi connectivity index (χ3v) is 3.59. The molecular formula is C12H13F2N3O2S. The van der Waals surface area contributed by atoms with Crippen LogP contribution in [-0.4, -0.2) is 30.2 Å². The van der Waals surface area contributed by atoms with Crippen molar-refractivity contribution < 1.29 is 17.2 Å². The predicted molar refractivity (Wildman–Crippen MR) is 71.7 cm³/mol. The molecule has 0 saturated carbocycles. The lowest BCUT2D eigenvalue weighted by Gasteiger charge is -2.01. The fraction of sp³-hybridized carbons (Fsp3) is 0.250. The van der Waals surface area contributed by atoms with Gasteiger partial charge >= 0.3 is 0 Å². The molecule has 1 aromatic heterocycles. The van der Waals surface area contributed by atoms with Crippen LogP contribution in [0.4, 0.5) is 14.5 Å². The van der Waals surface area contributed by atoms with Crippen LogP contribution in [0.2, 0.25) is 0 Å². The van der Waals surface area contributed by atoms with Gasteiger partial charge in [0.05, 0.1) is 18.0 Å².